The summed E-state index contributed by atoms with van der Waals surface area (Å²) in [6.07, 6.45) is 1.49. The van der Waals surface area contributed by atoms with Crippen LogP contribution in [0.1, 0.15) is 29.7 Å². The number of nitro groups is 1. The van der Waals surface area contributed by atoms with E-state index in [1.807, 2.05) is 30.3 Å². The van der Waals surface area contributed by atoms with Gasteiger partial charge in [0.2, 0.25) is 5.75 Å². The molecule has 3 aromatic carbocycles. The van der Waals surface area contributed by atoms with Gasteiger partial charge >= 0.3 is 11.7 Å². The second-order valence-electron chi connectivity index (χ2n) is 8.83. The molecule has 1 aliphatic heterocycles. The number of fused-ring (bicyclic) bond motifs is 1. The summed E-state index contributed by atoms with van der Waals surface area (Å²) in [5, 5.41) is 21.5. The molecule has 2 heterocycles. The number of phenolic OH excluding ortho intramolecular Hbond substituents is 1. The zero-order chi connectivity index (χ0) is 29.3. The number of phenols is 1. The molecule has 1 N–H and O–H groups in total. The number of aromatic hydroxyl groups is 1. The van der Waals surface area contributed by atoms with Crippen molar-refractivity contribution in [2.24, 2.45) is 4.99 Å². The first-order valence-corrected chi connectivity index (χ1v) is 13.9. The second kappa shape index (κ2) is 11.5. The Morgan fingerprint density at radius 2 is 1.90 bits per heavy atom. The number of nitro benzene ring substituents is 1. The van der Waals surface area contributed by atoms with E-state index < -0.39 is 33.9 Å². The molecular formula is C29H22BrN3O7S. The van der Waals surface area contributed by atoms with Gasteiger partial charge in [0, 0.05) is 11.6 Å². The van der Waals surface area contributed by atoms with Gasteiger partial charge in [-0.25, -0.2) is 9.79 Å². The van der Waals surface area contributed by atoms with Crippen LogP contribution in [0.5, 0.6) is 11.5 Å². The first-order valence-electron chi connectivity index (χ1n) is 12.3. The van der Waals surface area contributed by atoms with E-state index in [4.69, 9.17) is 14.5 Å². The van der Waals surface area contributed by atoms with Gasteiger partial charge in [0.15, 0.2) is 4.80 Å². The normalized spacial score (nSPS) is 14.8. The number of rotatable bonds is 7. The summed E-state index contributed by atoms with van der Waals surface area (Å²) in [5.41, 5.74) is 1.24. The fourth-order valence-electron chi connectivity index (χ4n) is 4.52. The van der Waals surface area contributed by atoms with Gasteiger partial charge in [-0.2, -0.15) is 0 Å². The molecule has 10 nitrogen and oxygen atoms in total. The van der Waals surface area contributed by atoms with Gasteiger partial charge in [0.1, 0.15) is 5.75 Å². The molecule has 41 heavy (non-hydrogen) atoms. The van der Waals surface area contributed by atoms with Gasteiger partial charge in [0.25, 0.3) is 5.56 Å². The van der Waals surface area contributed by atoms with Crippen molar-refractivity contribution in [3.63, 3.8) is 0 Å². The molecule has 4 aromatic rings. The van der Waals surface area contributed by atoms with E-state index in [1.165, 1.54) is 22.8 Å². The van der Waals surface area contributed by atoms with Crippen LogP contribution in [0.15, 0.2) is 86.6 Å². The first kappa shape index (κ1) is 28.0. The standard InChI is InChI=1S/C29H22BrN3O7S/c1-3-40-28(36)23-24(17-7-5-4-6-8-17)31-29-32(25(23)18-9-11-19(39-2)12-10-18)27(35)22(41-29)15-16-13-20(30)26(34)21(14-16)33(37)38/h4-15,25,34H,3H2,1-2H3/b22-15-/t25-/m1/s1. The number of carbonyl (C=O) groups is 1. The van der Waals surface area contributed by atoms with Crippen molar-refractivity contribution in [2.75, 3.05) is 13.7 Å². The molecule has 0 unspecified atom stereocenters. The number of thiazole rings is 1. The van der Waals surface area contributed by atoms with Gasteiger partial charge in [-0.05, 0) is 58.3 Å². The molecule has 1 atom stereocenters. The highest BCUT2D eigenvalue weighted by atomic mass is 79.9. The largest absolute Gasteiger partial charge is 0.501 e. The smallest absolute Gasteiger partial charge is 0.338 e. The average molecular weight is 636 g/mol. The molecule has 0 radical (unpaired) electrons. The summed E-state index contributed by atoms with van der Waals surface area (Å²) in [4.78, 5) is 43.3. The highest BCUT2D eigenvalue weighted by Gasteiger charge is 2.35. The van der Waals surface area contributed by atoms with Gasteiger partial charge in [-0.15, -0.1) is 0 Å². The van der Waals surface area contributed by atoms with Crippen LogP contribution in [0.25, 0.3) is 11.8 Å². The number of carbonyl (C=O) groups excluding carboxylic acids is 1. The second-order valence-corrected chi connectivity index (χ2v) is 10.7. The Morgan fingerprint density at radius 1 is 1.20 bits per heavy atom. The lowest BCUT2D eigenvalue weighted by Gasteiger charge is -2.26. The van der Waals surface area contributed by atoms with Gasteiger partial charge < -0.3 is 14.6 Å². The maximum Gasteiger partial charge on any atom is 0.338 e. The van der Waals surface area contributed by atoms with Crippen LogP contribution in [-0.4, -0.2) is 34.3 Å². The molecule has 0 amide bonds. The van der Waals surface area contributed by atoms with Crippen LogP contribution in [0.3, 0.4) is 0 Å². The van der Waals surface area contributed by atoms with Crippen LogP contribution in [0, 0.1) is 10.1 Å². The molecular weight excluding hydrogens is 614 g/mol. The van der Waals surface area contributed by atoms with E-state index in [1.54, 1.807) is 38.3 Å². The fraction of sp³-hybridized carbons (Fsp3) is 0.138. The molecule has 5 rings (SSSR count). The van der Waals surface area contributed by atoms with E-state index in [9.17, 15) is 24.8 Å². The topological polar surface area (TPSA) is 133 Å². The van der Waals surface area contributed by atoms with Crippen molar-refractivity contribution in [3.05, 3.63) is 123 Å². The third kappa shape index (κ3) is 5.31. The maximum absolute atomic E-state index is 14.0. The van der Waals surface area contributed by atoms with E-state index in [-0.39, 0.29) is 21.2 Å². The summed E-state index contributed by atoms with van der Waals surface area (Å²) in [6, 6.07) is 17.9. The Labute approximate surface area is 245 Å². The van der Waals surface area contributed by atoms with E-state index in [0.717, 1.165) is 11.3 Å². The van der Waals surface area contributed by atoms with Crippen molar-refractivity contribution < 1.29 is 24.3 Å². The average Bonchev–Trinajstić information content (AvgIpc) is 3.28. The minimum Gasteiger partial charge on any atom is -0.501 e. The summed E-state index contributed by atoms with van der Waals surface area (Å²) < 4.78 is 12.5. The van der Waals surface area contributed by atoms with Crippen LogP contribution < -0.4 is 19.6 Å². The van der Waals surface area contributed by atoms with Crippen molar-refractivity contribution in [1.29, 1.82) is 0 Å². The summed E-state index contributed by atoms with van der Waals surface area (Å²) in [6.45, 7) is 1.83. The zero-order valence-electron chi connectivity index (χ0n) is 21.7. The number of hydrogen-bond acceptors (Lipinski definition) is 9. The Bertz CT molecular complexity index is 1880. The molecule has 1 aromatic heterocycles. The SMILES string of the molecule is CCOC(=O)C1=C(c2ccccc2)N=c2s/c(=C\c3cc(Br)c(O)c([N+](=O)[O-])c3)c(=O)n2[C@@H]1c1ccc(OC)cc1. The summed E-state index contributed by atoms with van der Waals surface area (Å²) in [7, 11) is 1.54. The highest BCUT2D eigenvalue weighted by Crippen LogP contribution is 2.37. The molecule has 0 spiro atoms. The van der Waals surface area contributed by atoms with Crippen LogP contribution in [-0.2, 0) is 9.53 Å². The van der Waals surface area contributed by atoms with Crippen molar-refractivity contribution in [3.8, 4) is 11.5 Å². The highest BCUT2D eigenvalue weighted by molar-refractivity contribution is 9.10. The predicted molar refractivity (Wildman–Crippen MR) is 157 cm³/mol. The zero-order valence-corrected chi connectivity index (χ0v) is 24.1. The van der Waals surface area contributed by atoms with Crippen LogP contribution >= 0.6 is 27.3 Å². The van der Waals surface area contributed by atoms with Crippen molar-refractivity contribution in [2.45, 2.75) is 13.0 Å². The Hall–Kier alpha value is -4.55. The van der Waals surface area contributed by atoms with Gasteiger partial charge in [-0.1, -0.05) is 53.8 Å². The molecule has 12 heteroatoms. The number of benzene rings is 3. The van der Waals surface area contributed by atoms with Crippen molar-refractivity contribution in [1.82, 2.24) is 4.57 Å². The fourth-order valence-corrected chi connectivity index (χ4v) is 5.99. The monoisotopic (exact) mass is 635 g/mol. The van der Waals surface area contributed by atoms with Crippen LogP contribution in [0.4, 0.5) is 5.69 Å². The van der Waals surface area contributed by atoms with E-state index in [0.29, 0.717) is 32.9 Å². The molecule has 0 bridgehead atoms. The Morgan fingerprint density at radius 3 is 2.54 bits per heavy atom. The number of esters is 1. The van der Waals surface area contributed by atoms with E-state index >= 15 is 0 Å². The molecule has 0 fully saturated rings. The Kier molecular flexibility index (Phi) is 7.86. The maximum atomic E-state index is 14.0. The molecule has 0 aliphatic carbocycles. The third-order valence-corrected chi connectivity index (χ3v) is 7.95. The quantitative estimate of drug-likeness (QED) is 0.182. The summed E-state index contributed by atoms with van der Waals surface area (Å²) in [5.74, 6) is -0.520. The number of aromatic nitrogens is 1. The lowest BCUT2D eigenvalue weighted by atomic mass is 9.93. The first-order chi connectivity index (χ1) is 19.7. The molecule has 0 saturated carbocycles. The number of halogens is 1. The number of ether oxygens (including phenoxy) is 2. The van der Waals surface area contributed by atoms with E-state index in [2.05, 4.69) is 15.9 Å². The third-order valence-electron chi connectivity index (χ3n) is 6.37. The Balaban J connectivity index is 1.82. The molecule has 0 saturated heterocycles. The minimum absolute atomic E-state index is 0.109. The predicted octanol–water partition coefficient (Wildman–Crippen LogP) is 4.32. The van der Waals surface area contributed by atoms with Crippen LogP contribution in [0.2, 0.25) is 0 Å². The lowest BCUT2D eigenvalue weighted by Crippen LogP contribution is -2.40. The lowest BCUT2D eigenvalue weighted by molar-refractivity contribution is -0.386. The summed E-state index contributed by atoms with van der Waals surface area (Å²) >= 11 is 4.22. The minimum atomic E-state index is -0.880. The number of hydrogen-bond donors (Lipinski definition) is 1. The number of methoxy groups -OCH3 is 1. The molecule has 208 valence electrons. The molecule has 1 aliphatic rings. The number of nitrogens with zero attached hydrogens (tertiary/aromatic N) is 3. The van der Waals surface area contributed by atoms with Crippen molar-refractivity contribution >= 4 is 50.7 Å². The van der Waals surface area contributed by atoms with Gasteiger partial charge in [-0.3, -0.25) is 19.5 Å². The van der Waals surface area contributed by atoms with Gasteiger partial charge in [0.05, 0.1) is 45.0 Å².